The fraction of sp³-hybridized carbons (Fsp3) is 0.143. The molecule has 3 nitrogen and oxygen atoms in total. The molecule has 0 fully saturated rings. The molecular weight excluding hydrogens is 313 g/mol. The van der Waals surface area contributed by atoms with Crippen LogP contribution in [-0.2, 0) is 0 Å². The van der Waals surface area contributed by atoms with Crippen molar-refractivity contribution in [1.82, 2.24) is 4.98 Å². The highest BCUT2D eigenvalue weighted by molar-refractivity contribution is 7.80. The number of nitrogens with two attached hydrogens (primary N) is 1. The fourth-order valence-electron chi connectivity index (χ4n) is 1.85. The van der Waals surface area contributed by atoms with Gasteiger partial charge in [-0.15, -0.1) is 0 Å². The highest BCUT2D eigenvalue weighted by Crippen LogP contribution is 2.35. The summed E-state index contributed by atoms with van der Waals surface area (Å²) in [5.41, 5.74) is 8.91. The van der Waals surface area contributed by atoms with Crippen LogP contribution >= 0.6 is 35.4 Å². The first-order valence-corrected chi connectivity index (χ1v) is 7.05. The molecule has 0 aliphatic rings. The van der Waals surface area contributed by atoms with Gasteiger partial charge in [-0.2, -0.15) is 0 Å². The summed E-state index contributed by atoms with van der Waals surface area (Å²) >= 11 is 17.5. The van der Waals surface area contributed by atoms with Gasteiger partial charge in [-0.3, -0.25) is 0 Å². The van der Waals surface area contributed by atoms with Gasteiger partial charge in [0.25, 0.3) is 0 Å². The number of nitrogens with one attached hydrogen (secondary N) is 1. The van der Waals surface area contributed by atoms with Crippen molar-refractivity contribution in [3.8, 4) is 0 Å². The van der Waals surface area contributed by atoms with Gasteiger partial charge in [-0.25, -0.2) is 4.98 Å². The van der Waals surface area contributed by atoms with E-state index in [0.717, 1.165) is 11.1 Å². The van der Waals surface area contributed by atoms with Crippen LogP contribution in [0.4, 0.5) is 11.5 Å². The van der Waals surface area contributed by atoms with Crippen LogP contribution in [0.3, 0.4) is 0 Å². The second-order valence-electron chi connectivity index (χ2n) is 4.39. The first-order valence-electron chi connectivity index (χ1n) is 5.89. The zero-order valence-corrected chi connectivity index (χ0v) is 13.3. The average Bonchev–Trinajstić information content (AvgIpc) is 2.39. The Balaban J connectivity index is 2.54. The summed E-state index contributed by atoms with van der Waals surface area (Å²) in [6, 6.07) is 5.48. The Morgan fingerprint density at radius 1 is 1.20 bits per heavy atom. The molecule has 0 atom stereocenters. The van der Waals surface area contributed by atoms with Gasteiger partial charge in [0, 0.05) is 6.20 Å². The summed E-state index contributed by atoms with van der Waals surface area (Å²) in [5.74, 6) is 0.548. The van der Waals surface area contributed by atoms with Crippen LogP contribution in [0.25, 0.3) is 0 Å². The lowest BCUT2D eigenvalue weighted by atomic mass is 10.1. The molecule has 0 aliphatic carbocycles. The average molecular weight is 326 g/mol. The van der Waals surface area contributed by atoms with Crippen molar-refractivity contribution in [2.45, 2.75) is 13.8 Å². The number of halogens is 2. The van der Waals surface area contributed by atoms with Gasteiger partial charge >= 0.3 is 0 Å². The van der Waals surface area contributed by atoms with Crippen molar-refractivity contribution < 1.29 is 0 Å². The molecule has 0 spiro atoms. The number of nitrogens with zero attached hydrogens (tertiary/aromatic N) is 1. The number of hydrogen-bond donors (Lipinski definition) is 2. The summed E-state index contributed by atoms with van der Waals surface area (Å²) in [4.78, 5) is 4.55. The topological polar surface area (TPSA) is 50.9 Å². The van der Waals surface area contributed by atoms with Crippen molar-refractivity contribution in [3.05, 3.63) is 51.1 Å². The molecule has 104 valence electrons. The summed E-state index contributed by atoms with van der Waals surface area (Å²) < 4.78 is 0. The zero-order chi connectivity index (χ0) is 14.9. The predicted octanol–water partition coefficient (Wildman–Crippen LogP) is 4.38. The molecule has 0 saturated heterocycles. The van der Waals surface area contributed by atoms with Gasteiger partial charge in [-0.05, 0) is 37.1 Å². The minimum absolute atomic E-state index is 0.276. The van der Waals surface area contributed by atoms with E-state index in [2.05, 4.69) is 10.3 Å². The normalized spacial score (nSPS) is 10.4. The van der Waals surface area contributed by atoms with Crippen molar-refractivity contribution in [2.75, 3.05) is 5.32 Å². The fourth-order valence-corrected chi connectivity index (χ4v) is 2.58. The number of benzene rings is 1. The maximum atomic E-state index is 6.28. The molecule has 0 saturated carbocycles. The maximum absolute atomic E-state index is 6.28. The molecule has 0 amide bonds. The second-order valence-corrected chi connectivity index (χ2v) is 5.62. The molecule has 0 bridgehead atoms. The molecule has 0 unspecified atom stereocenters. The lowest BCUT2D eigenvalue weighted by Gasteiger charge is -2.15. The second kappa shape index (κ2) is 5.95. The molecule has 0 radical (unpaired) electrons. The molecular formula is C14H13Cl2N3S. The SMILES string of the molecule is Cc1ccc(Cl)c(Nc2nccc(C)c2C(N)=S)c1Cl. The summed E-state index contributed by atoms with van der Waals surface area (Å²) in [5, 5.41) is 4.19. The van der Waals surface area contributed by atoms with E-state index in [-0.39, 0.29) is 4.99 Å². The Morgan fingerprint density at radius 2 is 1.90 bits per heavy atom. The van der Waals surface area contributed by atoms with Crippen LogP contribution in [0.2, 0.25) is 10.0 Å². The highest BCUT2D eigenvalue weighted by atomic mass is 35.5. The Hall–Kier alpha value is -1.36. The van der Waals surface area contributed by atoms with E-state index in [9.17, 15) is 0 Å². The van der Waals surface area contributed by atoms with E-state index in [1.165, 1.54) is 0 Å². The van der Waals surface area contributed by atoms with E-state index in [1.807, 2.05) is 26.0 Å². The van der Waals surface area contributed by atoms with E-state index < -0.39 is 0 Å². The third-order valence-corrected chi connectivity index (χ3v) is 3.94. The van der Waals surface area contributed by atoms with Crippen LogP contribution in [0.5, 0.6) is 0 Å². The Kier molecular flexibility index (Phi) is 4.48. The van der Waals surface area contributed by atoms with Crippen molar-refractivity contribution in [2.24, 2.45) is 5.73 Å². The molecule has 2 rings (SSSR count). The van der Waals surface area contributed by atoms with E-state index in [1.54, 1.807) is 12.3 Å². The van der Waals surface area contributed by atoms with Crippen LogP contribution in [0, 0.1) is 13.8 Å². The van der Waals surface area contributed by atoms with Gasteiger partial charge in [0.05, 0.1) is 21.3 Å². The minimum atomic E-state index is 0.276. The third kappa shape index (κ3) is 2.87. The first-order chi connectivity index (χ1) is 9.41. The van der Waals surface area contributed by atoms with Crippen LogP contribution in [0.15, 0.2) is 24.4 Å². The molecule has 6 heteroatoms. The molecule has 1 aromatic carbocycles. The van der Waals surface area contributed by atoms with Crippen molar-refractivity contribution in [3.63, 3.8) is 0 Å². The molecule has 1 aromatic heterocycles. The van der Waals surface area contributed by atoms with Gasteiger partial charge in [0.15, 0.2) is 0 Å². The number of aromatic nitrogens is 1. The molecule has 3 N–H and O–H groups in total. The summed E-state index contributed by atoms with van der Waals surface area (Å²) in [6.45, 7) is 3.82. The number of hydrogen-bond acceptors (Lipinski definition) is 3. The number of aryl methyl sites for hydroxylation is 2. The number of pyridine rings is 1. The number of thiocarbonyl (C=S) groups is 1. The van der Waals surface area contributed by atoms with E-state index >= 15 is 0 Å². The third-order valence-electron chi connectivity index (χ3n) is 2.93. The van der Waals surface area contributed by atoms with Crippen LogP contribution < -0.4 is 11.1 Å². The molecule has 1 heterocycles. The smallest absolute Gasteiger partial charge is 0.140 e. The monoisotopic (exact) mass is 325 g/mol. The van der Waals surface area contributed by atoms with E-state index in [4.69, 9.17) is 41.2 Å². The molecule has 0 aliphatic heterocycles. The molecule has 20 heavy (non-hydrogen) atoms. The number of rotatable bonds is 3. The largest absolute Gasteiger partial charge is 0.389 e. The van der Waals surface area contributed by atoms with Gasteiger partial charge in [0.2, 0.25) is 0 Å². The Labute approximate surface area is 133 Å². The van der Waals surface area contributed by atoms with Crippen molar-refractivity contribution >= 4 is 51.9 Å². The lowest BCUT2D eigenvalue weighted by molar-refractivity contribution is 1.26. The predicted molar refractivity (Wildman–Crippen MR) is 89.3 cm³/mol. The minimum Gasteiger partial charge on any atom is -0.389 e. The quantitative estimate of drug-likeness (QED) is 0.822. The van der Waals surface area contributed by atoms with Crippen LogP contribution in [-0.4, -0.2) is 9.97 Å². The standard InChI is InChI=1S/C14H13Cl2N3S/c1-7-5-6-18-14(10(7)13(17)20)19-12-9(15)4-3-8(2)11(12)16/h3-6H,1-2H3,(H2,17,20)(H,18,19). The highest BCUT2D eigenvalue weighted by Gasteiger charge is 2.14. The molecule has 2 aromatic rings. The summed E-state index contributed by atoms with van der Waals surface area (Å²) in [7, 11) is 0. The Bertz CT molecular complexity index is 686. The van der Waals surface area contributed by atoms with Crippen LogP contribution in [0.1, 0.15) is 16.7 Å². The van der Waals surface area contributed by atoms with Gasteiger partial charge in [0.1, 0.15) is 10.8 Å². The zero-order valence-electron chi connectivity index (χ0n) is 11.0. The lowest BCUT2D eigenvalue weighted by Crippen LogP contribution is -2.15. The van der Waals surface area contributed by atoms with Gasteiger partial charge < -0.3 is 11.1 Å². The van der Waals surface area contributed by atoms with Crippen molar-refractivity contribution in [1.29, 1.82) is 0 Å². The van der Waals surface area contributed by atoms with E-state index in [0.29, 0.717) is 27.1 Å². The summed E-state index contributed by atoms with van der Waals surface area (Å²) in [6.07, 6.45) is 1.68. The maximum Gasteiger partial charge on any atom is 0.140 e. The first kappa shape index (κ1) is 15.0. The number of anilines is 2. The Morgan fingerprint density at radius 3 is 2.55 bits per heavy atom. The van der Waals surface area contributed by atoms with Gasteiger partial charge in [-0.1, -0.05) is 41.5 Å².